The Kier molecular flexibility index (Phi) is 3.18. The molecule has 0 atom stereocenters. The van der Waals surface area contributed by atoms with Crippen molar-refractivity contribution in [3.05, 3.63) is 21.8 Å². The molecule has 0 saturated carbocycles. The van der Waals surface area contributed by atoms with Gasteiger partial charge in [-0.1, -0.05) is 0 Å². The van der Waals surface area contributed by atoms with E-state index < -0.39 is 5.97 Å². The van der Waals surface area contributed by atoms with Crippen molar-refractivity contribution in [2.24, 2.45) is 0 Å². The zero-order chi connectivity index (χ0) is 9.84. The number of nitrogens with zero attached hydrogens (tertiary/aromatic N) is 2. The molecule has 0 fully saturated rings. The SMILES string of the molecule is Nc1cnc(I)nc1C=CC(=O)O. The number of halogens is 1. The Labute approximate surface area is 87.8 Å². The van der Waals surface area contributed by atoms with Gasteiger partial charge in [0.1, 0.15) is 0 Å². The molecule has 0 unspecified atom stereocenters. The number of nitrogen functional groups attached to an aromatic ring is 1. The molecule has 1 heterocycles. The molecular weight excluding hydrogens is 285 g/mol. The fourth-order valence-electron chi connectivity index (χ4n) is 0.665. The molecule has 0 spiro atoms. The topological polar surface area (TPSA) is 89.1 Å². The quantitative estimate of drug-likeness (QED) is 0.477. The van der Waals surface area contributed by atoms with Crippen molar-refractivity contribution in [3.63, 3.8) is 0 Å². The molecule has 0 radical (unpaired) electrons. The Morgan fingerprint density at radius 2 is 2.38 bits per heavy atom. The summed E-state index contributed by atoms with van der Waals surface area (Å²) in [6.07, 6.45) is 3.76. The number of nitrogens with two attached hydrogens (primary N) is 1. The predicted molar refractivity (Wildman–Crippen MR) is 55.8 cm³/mol. The van der Waals surface area contributed by atoms with Crippen LogP contribution in [0.4, 0.5) is 5.69 Å². The van der Waals surface area contributed by atoms with Crippen LogP contribution in [0.1, 0.15) is 5.69 Å². The summed E-state index contributed by atoms with van der Waals surface area (Å²) in [5.74, 6) is -1.03. The van der Waals surface area contributed by atoms with E-state index in [9.17, 15) is 4.79 Å². The minimum absolute atomic E-state index is 0.359. The Morgan fingerprint density at radius 1 is 1.69 bits per heavy atom. The average Bonchev–Trinajstić information content (AvgIpc) is 2.06. The Bertz CT molecular complexity index is 365. The minimum Gasteiger partial charge on any atom is -0.478 e. The van der Waals surface area contributed by atoms with Crippen LogP contribution in [0, 0.1) is 3.83 Å². The molecule has 0 aliphatic carbocycles. The Hall–Kier alpha value is -1.18. The highest BCUT2D eigenvalue weighted by atomic mass is 127. The fourth-order valence-corrected chi connectivity index (χ4v) is 1.06. The standard InChI is InChI=1S/C7H6IN3O2/c8-7-10-3-4(9)5(11-7)1-2-6(12)13/h1-3H,9H2,(H,12,13). The Balaban J connectivity index is 3.00. The molecule has 0 aliphatic heterocycles. The van der Waals surface area contributed by atoms with Gasteiger partial charge in [0, 0.05) is 28.7 Å². The largest absolute Gasteiger partial charge is 0.478 e. The molecule has 13 heavy (non-hydrogen) atoms. The third kappa shape index (κ3) is 2.98. The van der Waals surface area contributed by atoms with Gasteiger partial charge in [-0.2, -0.15) is 0 Å². The zero-order valence-electron chi connectivity index (χ0n) is 6.44. The number of anilines is 1. The average molecular weight is 291 g/mol. The van der Waals surface area contributed by atoms with Gasteiger partial charge in [-0.05, 0) is 6.08 Å². The van der Waals surface area contributed by atoms with Gasteiger partial charge in [0.05, 0.1) is 17.6 Å². The van der Waals surface area contributed by atoms with Gasteiger partial charge in [0.15, 0.2) is 3.83 Å². The van der Waals surface area contributed by atoms with E-state index >= 15 is 0 Å². The van der Waals surface area contributed by atoms with Crippen molar-refractivity contribution >= 4 is 40.3 Å². The van der Waals surface area contributed by atoms with E-state index in [-0.39, 0.29) is 0 Å². The molecule has 0 bridgehead atoms. The molecule has 1 rings (SSSR count). The van der Waals surface area contributed by atoms with Crippen LogP contribution < -0.4 is 5.73 Å². The van der Waals surface area contributed by atoms with Crippen LogP contribution in [0.3, 0.4) is 0 Å². The fraction of sp³-hybridized carbons (Fsp3) is 0. The maximum Gasteiger partial charge on any atom is 0.328 e. The highest BCUT2D eigenvalue weighted by molar-refractivity contribution is 14.1. The van der Waals surface area contributed by atoms with Gasteiger partial charge in [0.2, 0.25) is 0 Å². The molecule has 0 aromatic carbocycles. The molecule has 3 N–H and O–H groups in total. The lowest BCUT2D eigenvalue weighted by Crippen LogP contribution is -1.97. The predicted octanol–water partition coefficient (Wildman–Crippen LogP) is 0.761. The monoisotopic (exact) mass is 291 g/mol. The molecule has 0 amide bonds. The first-order chi connectivity index (χ1) is 6.09. The summed E-state index contributed by atoms with van der Waals surface area (Å²) in [4.78, 5) is 18.0. The van der Waals surface area contributed by atoms with Crippen LogP contribution in [0.2, 0.25) is 0 Å². The molecule has 1 aromatic heterocycles. The smallest absolute Gasteiger partial charge is 0.328 e. The number of hydrogen-bond donors (Lipinski definition) is 2. The number of carboxylic acid groups (broad SMARTS) is 1. The maximum absolute atomic E-state index is 10.2. The van der Waals surface area contributed by atoms with E-state index in [0.717, 1.165) is 6.08 Å². The molecule has 1 aromatic rings. The summed E-state index contributed by atoms with van der Waals surface area (Å²) < 4.78 is 0.525. The first-order valence-corrected chi connectivity index (χ1v) is 4.36. The van der Waals surface area contributed by atoms with Gasteiger partial charge in [0.25, 0.3) is 0 Å². The number of aromatic nitrogens is 2. The summed E-state index contributed by atoms with van der Waals surface area (Å²) in [6, 6.07) is 0. The van der Waals surface area contributed by atoms with Gasteiger partial charge in [-0.15, -0.1) is 0 Å². The second-order valence-corrected chi connectivity index (χ2v) is 3.12. The van der Waals surface area contributed by atoms with Crippen molar-refractivity contribution < 1.29 is 9.90 Å². The molecule has 0 aliphatic rings. The second-order valence-electron chi connectivity index (χ2n) is 2.15. The van der Waals surface area contributed by atoms with Crippen molar-refractivity contribution in [2.75, 3.05) is 5.73 Å². The van der Waals surface area contributed by atoms with Crippen LogP contribution in [-0.4, -0.2) is 21.0 Å². The molecule has 0 saturated heterocycles. The Morgan fingerprint density at radius 3 is 3.00 bits per heavy atom. The van der Waals surface area contributed by atoms with E-state index in [1.165, 1.54) is 12.3 Å². The van der Waals surface area contributed by atoms with Crippen molar-refractivity contribution in [2.45, 2.75) is 0 Å². The molecule has 6 heteroatoms. The molecule has 68 valence electrons. The summed E-state index contributed by atoms with van der Waals surface area (Å²) >= 11 is 1.92. The third-order valence-corrected chi connectivity index (χ3v) is 1.72. The lowest BCUT2D eigenvalue weighted by atomic mass is 10.3. The number of rotatable bonds is 2. The first kappa shape index (κ1) is 9.90. The summed E-state index contributed by atoms with van der Waals surface area (Å²) in [6.45, 7) is 0. The number of carbonyl (C=O) groups is 1. The van der Waals surface area contributed by atoms with Gasteiger partial charge in [-0.3, -0.25) is 0 Å². The van der Waals surface area contributed by atoms with Crippen LogP contribution in [-0.2, 0) is 4.79 Å². The van der Waals surface area contributed by atoms with Crippen LogP contribution in [0.15, 0.2) is 12.3 Å². The summed E-state index contributed by atoms with van der Waals surface area (Å²) in [5, 5.41) is 8.36. The highest BCUT2D eigenvalue weighted by Gasteiger charge is 1.99. The third-order valence-electron chi connectivity index (χ3n) is 1.20. The molecule has 5 nitrogen and oxygen atoms in total. The van der Waals surface area contributed by atoms with Crippen LogP contribution in [0.5, 0.6) is 0 Å². The number of carboxylic acids is 1. The lowest BCUT2D eigenvalue weighted by molar-refractivity contribution is -0.131. The van der Waals surface area contributed by atoms with Crippen molar-refractivity contribution in [3.8, 4) is 0 Å². The van der Waals surface area contributed by atoms with Crippen LogP contribution in [0.25, 0.3) is 6.08 Å². The van der Waals surface area contributed by atoms with Crippen molar-refractivity contribution in [1.29, 1.82) is 0 Å². The zero-order valence-corrected chi connectivity index (χ0v) is 8.59. The van der Waals surface area contributed by atoms with Gasteiger partial charge >= 0.3 is 5.97 Å². The highest BCUT2D eigenvalue weighted by Crippen LogP contribution is 2.10. The van der Waals surface area contributed by atoms with Crippen molar-refractivity contribution in [1.82, 2.24) is 9.97 Å². The van der Waals surface area contributed by atoms with E-state index in [4.69, 9.17) is 10.8 Å². The van der Waals surface area contributed by atoms with E-state index in [1.807, 2.05) is 22.6 Å². The van der Waals surface area contributed by atoms with E-state index in [2.05, 4.69) is 9.97 Å². The van der Waals surface area contributed by atoms with E-state index in [1.54, 1.807) is 0 Å². The normalized spacial score (nSPS) is 10.5. The lowest BCUT2D eigenvalue weighted by Gasteiger charge is -1.97. The summed E-state index contributed by atoms with van der Waals surface area (Å²) in [5.41, 5.74) is 6.28. The number of aliphatic carboxylic acids is 1. The van der Waals surface area contributed by atoms with Crippen LogP contribution >= 0.6 is 22.6 Å². The van der Waals surface area contributed by atoms with E-state index in [0.29, 0.717) is 15.2 Å². The maximum atomic E-state index is 10.2. The first-order valence-electron chi connectivity index (χ1n) is 3.28. The number of hydrogen-bond acceptors (Lipinski definition) is 4. The molecular formula is C7H6IN3O2. The minimum atomic E-state index is -1.03. The van der Waals surface area contributed by atoms with Gasteiger partial charge in [-0.25, -0.2) is 14.8 Å². The summed E-state index contributed by atoms with van der Waals surface area (Å²) in [7, 11) is 0. The van der Waals surface area contributed by atoms with Gasteiger partial charge < -0.3 is 10.8 Å². The second kappa shape index (κ2) is 4.17.